The molecule has 0 bridgehead atoms. The lowest BCUT2D eigenvalue weighted by Crippen LogP contribution is -2.38. The van der Waals surface area contributed by atoms with Crippen LogP contribution in [0.2, 0.25) is 0 Å². The van der Waals surface area contributed by atoms with Crippen molar-refractivity contribution in [1.29, 1.82) is 0 Å². The van der Waals surface area contributed by atoms with Gasteiger partial charge in [-0.2, -0.15) is 0 Å². The first-order chi connectivity index (χ1) is 8.74. The van der Waals surface area contributed by atoms with Crippen LogP contribution in [0, 0.1) is 5.92 Å². The molecule has 1 fully saturated rings. The molecule has 0 spiro atoms. The Bertz CT molecular complexity index is 420. The summed E-state index contributed by atoms with van der Waals surface area (Å²) in [6, 6.07) is 7.60. The van der Waals surface area contributed by atoms with Gasteiger partial charge in [-0.15, -0.1) is 0 Å². The van der Waals surface area contributed by atoms with Gasteiger partial charge in [-0.25, -0.2) is 4.79 Å². The molecule has 98 valence electrons. The monoisotopic (exact) mass is 248 g/mol. The largest absolute Gasteiger partial charge is 0.465 e. The van der Waals surface area contributed by atoms with E-state index in [1.165, 1.54) is 13.5 Å². The Labute approximate surface area is 108 Å². The van der Waals surface area contributed by atoms with E-state index in [4.69, 9.17) is 10.5 Å². The highest BCUT2D eigenvalue weighted by Gasteiger charge is 2.19. The van der Waals surface area contributed by atoms with Crippen molar-refractivity contribution in [2.45, 2.75) is 12.8 Å². The first kappa shape index (κ1) is 12.9. The minimum absolute atomic E-state index is 0.288. The van der Waals surface area contributed by atoms with E-state index in [9.17, 15) is 4.79 Å². The van der Waals surface area contributed by atoms with Gasteiger partial charge < -0.3 is 15.4 Å². The Balaban J connectivity index is 2.15. The van der Waals surface area contributed by atoms with Gasteiger partial charge in [-0.1, -0.05) is 6.07 Å². The minimum atomic E-state index is -0.288. The van der Waals surface area contributed by atoms with Gasteiger partial charge in [-0.3, -0.25) is 0 Å². The number of nitrogens with two attached hydrogens (primary N) is 1. The number of carbonyl (C=O) groups is 1. The maximum absolute atomic E-state index is 11.5. The number of esters is 1. The van der Waals surface area contributed by atoms with Crippen LogP contribution in [0.15, 0.2) is 24.3 Å². The zero-order valence-electron chi connectivity index (χ0n) is 10.8. The van der Waals surface area contributed by atoms with Gasteiger partial charge >= 0.3 is 5.97 Å². The predicted octanol–water partition coefficient (Wildman–Crippen LogP) is 1.65. The normalized spacial score (nSPS) is 19.7. The standard InChI is InChI=1S/C14H20N2O2/c1-18-14(17)12-5-2-6-13(8-12)16-7-3-4-11(9-15)10-16/h2,5-6,8,11H,3-4,7,9-10,15H2,1H3. The molecule has 0 aromatic heterocycles. The maximum Gasteiger partial charge on any atom is 0.337 e. The van der Waals surface area contributed by atoms with Crippen molar-refractivity contribution < 1.29 is 9.53 Å². The minimum Gasteiger partial charge on any atom is -0.465 e. The van der Waals surface area contributed by atoms with E-state index >= 15 is 0 Å². The van der Waals surface area contributed by atoms with E-state index in [-0.39, 0.29) is 5.97 Å². The van der Waals surface area contributed by atoms with Crippen molar-refractivity contribution in [2.24, 2.45) is 11.7 Å². The summed E-state index contributed by atoms with van der Waals surface area (Å²) in [5, 5.41) is 0. The van der Waals surface area contributed by atoms with Gasteiger partial charge in [0.15, 0.2) is 0 Å². The van der Waals surface area contributed by atoms with Crippen LogP contribution >= 0.6 is 0 Å². The fourth-order valence-corrected chi connectivity index (χ4v) is 2.44. The van der Waals surface area contributed by atoms with Gasteiger partial charge in [0, 0.05) is 18.8 Å². The summed E-state index contributed by atoms with van der Waals surface area (Å²) in [4.78, 5) is 13.8. The van der Waals surface area contributed by atoms with Crippen LogP contribution in [-0.2, 0) is 4.74 Å². The highest BCUT2D eigenvalue weighted by molar-refractivity contribution is 5.90. The molecule has 1 saturated heterocycles. The lowest BCUT2D eigenvalue weighted by atomic mass is 9.97. The molecule has 2 rings (SSSR count). The fraction of sp³-hybridized carbons (Fsp3) is 0.500. The SMILES string of the molecule is COC(=O)c1cccc(N2CCCC(CN)C2)c1. The average molecular weight is 248 g/mol. The molecule has 4 nitrogen and oxygen atoms in total. The van der Waals surface area contributed by atoms with Crippen molar-refractivity contribution in [3.8, 4) is 0 Å². The van der Waals surface area contributed by atoms with Crippen LogP contribution in [0.25, 0.3) is 0 Å². The smallest absolute Gasteiger partial charge is 0.337 e. The highest BCUT2D eigenvalue weighted by Crippen LogP contribution is 2.23. The Kier molecular flexibility index (Phi) is 4.20. The second kappa shape index (κ2) is 5.87. The second-order valence-electron chi connectivity index (χ2n) is 4.73. The fourth-order valence-electron chi connectivity index (χ4n) is 2.44. The molecule has 2 N–H and O–H groups in total. The molecular formula is C14H20N2O2. The van der Waals surface area contributed by atoms with E-state index < -0.39 is 0 Å². The van der Waals surface area contributed by atoms with Gasteiger partial charge in [0.25, 0.3) is 0 Å². The summed E-state index contributed by atoms with van der Waals surface area (Å²) in [6.07, 6.45) is 2.36. The summed E-state index contributed by atoms with van der Waals surface area (Å²) in [5.74, 6) is 0.268. The molecule has 4 heteroatoms. The van der Waals surface area contributed by atoms with E-state index in [0.29, 0.717) is 11.5 Å². The zero-order valence-corrected chi connectivity index (χ0v) is 10.8. The maximum atomic E-state index is 11.5. The molecule has 1 heterocycles. The molecular weight excluding hydrogens is 228 g/mol. The Hall–Kier alpha value is -1.55. The Morgan fingerprint density at radius 2 is 2.39 bits per heavy atom. The quantitative estimate of drug-likeness (QED) is 0.826. The van der Waals surface area contributed by atoms with Crippen LogP contribution in [0.3, 0.4) is 0 Å². The lowest BCUT2D eigenvalue weighted by molar-refractivity contribution is 0.0601. The first-order valence-electron chi connectivity index (χ1n) is 6.38. The average Bonchev–Trinajstić information content (AvgIpc) is 2.46. The molecule has 0 saturated carbocycles. The Morgan fingerprint density at radius 3 is 3.11 bits per heavy atom. The molecule has 0 aliphatic carbocycles. The predicted molar refractivity (Wildman–Crippen MR) is 71.8 cm³/mol. The third-order valence-electron chi connectivity index (χ3n) is 3.48. The van der Waals surface area contributed by atoms with E-state index in [0.717, 1.165) is 31.7 Å². The summed E-state index contributed by atoms with van der Waals surface area (Å²) >= 11 is 0. The number of piperidine rings is 1. The second-order valence-corrected chi connectivity index (χ2v) is 4.73. The van der Waals surface area contributed by atoms with Crippen molar-refractivity contribution in [2.75, 3.05) is 31.6 Å². The molecule has 0 amide bonds. The molecule has 18 heavy (non-hydrogen) atoms. The number of carbonyl (C=O) groups excluding carboxylic acids is 1. The van der Waals surface area contributed by atoms with Gasteiger partial charge in [0.1, 0.15) is 0 Å². The molecule has 1 unspecified atom stereocenters. The molecule has 0 radical (unpaired) electrons. The number of benzene rings is 1. The first-order valence-corrected chi connectivity index (χ1v) is 6.38. The number of anilines is 1. The number of rotatable bonds is 3. The number of ether oxygens (including phenoxy) is 1. The van der Waals surface area contributed by atoms with Crippen molar-refractivity contribution in [3.63, 3.8) is 0 Å². The zero-order chi connectivity index (χ0) is 13.0. The number of hydrogen-bond acceptors (Lipinski definition) is 4. The number of methoxy groups -OCH3 is 1. The molecule has 1 aliphatic rings. The summed E-state index contributed by atoms with van der Waals surface area (Å²) in [7, 11) is 1.40. The third-order valence-corrected chi connectivity index (χ3v) is 3.48. The molecule has 1 aliphatic heterocycles. The van der Waals surface area contributed by atoms with E-state index in [1.807, 2.05) is 18.2 Å². The lowest BCUT2D eigenvalue weighted by Gasteiger charge is -2.34. The summed E-state index contributed by atoms with van der Waals surface area (Å²) < 4.78 is 4.74. The van der Waals surface area contributed by atoms with Gasteiger partial charge in [0.05, 0.1) is 12.7 Å². The van der Waals surface area contributed by atoms with Crippen LogP contribution in [0.4, 0.5) is 5.69 Å². The van der Waals surface area contributed by atoms with Gasteiger partial charge in [-0.05, 0) is 43.5 Å². The molecule has 1 atom stereocenters. The van der Waals surface area contributed by atoms with Crippen LogP contribution in [0.1, 0.15) is 23.2 Å². The highest BCUT2D eigenvalue weighted by atomic mass is 16.5. The van der Waals surface area contributed by atoms with Crippen LogP contribution in [-0.4, -0.2) is 32.7 Å². The summed E-state index contributed by atoms with van der Waals surface area (Å²) in [6.45, 7) is 2.73. The number of hydrogen-bond donors (Lipinski definition) is 1. The van der Waals surface area contributed by atoms with Crippen molar-refractivity contribution >= 4 is 11.7 Å². The summed E-state index contributed by atoms with van der Waals surface area (Å²) in [5.41, 5.74) is 7.42. The van der Waals surface area contributed by atoms with Crippen molar-refractivity contribution in [3.05, 3.63) is 29.8 Å². The third kappa shape index (κ3) is 2.82. The van der Waals surface area contributed by atoms with Crippen molar-refractivity contribution in [1.82, 2.24) is 0 Å². The van der Waals surface area contributed by atoms with Crippen LogP contribution < -0.4 is 10.6 Å². The number of nitrogens with zero attached hydrogens (tertiary/aromatic N) is 1. The molecule has 1 aromatic carbocycles. The van der Waals surface area contributed by atoms with Gasteiger partial charge in [0.2, 0.25) is 0 Å². The van der Waals surface area contributed by atoms with E-state index in [2.05, 4.69) is 4.90 Å². The molecule has 1 aromatic rings. The van der Waals surface area contributed by atoms with Crippen LogP contribution in [0.5, 0.6) is 0 Å². The topological polar surface area (TPSA) is 55.6 Å². The van der Waals surface area contributed by atoms with E-state index in [1.54, 1.807) is 6.07 Å². The Morgan fingerprint density at radius 1 is 1.56 bits per heavy atom.